The second-order valence-electron chi connectivity index (χ2n) is 7.92. The van der Waals surface area contributed by atoms with Crippen LogP contribution in [-0.2, 0) is 16.6 Å². The molecule has 0 aliphatic carbocycles. The number of nitrogens with one attached hydrogen (secondary N) is 1. The van der Waals surface area contributed by atoms with Crippen molar-refractivity contribution in [2.45, 2.75) is 20.4 Å². The Morgan fingerprint density at radius 3 is 2.26 bits per heavy atom. The zero-order chi connectivity index (χ0) is 24.9. The van der Waals surface area contributed by atoms with Crippen LogP contribution in [0.3, 0.4) is 0 Å². The fourth-order valence-electron chi connectivity index (χ4n) is 3.21. The average molecular weight is 521 g/mol. The summed E-state index contributed by atoms with van der Waals surface area (Å²) in [6, 6.07) is 17.3. The highest BCUT2D eigenvalue weighted by Gasteiger charge is 2.19. The monoisotopic (exact) mass is 520 g/mol. The number of carbonyl (C=O) groups excluding carboxylic acids is 1. The quantitative estimate of drug-likeness (QED) is 0.384. The fourth-order valence-corrected chi connectivity index (χ4v) is 4.38. The Bertz CT molecular complexity index is 1280. The van der Waals surface area contributed by atoms with E-state index in [9.17, 15) is 13.2 Å². The largest absolute Gasteiger partial charge is 0.492 e. The van der Waals surface area contributed by atoms with Crippen LogP contribution in [-0.4, -0.2) is 33.7 Å². The molecule has 3 aromatic carbocycles. The Kier molecular flexibility index (Phi) is 8.47. The molecule has 9 heteroatoms. The summed E-state index contributed by atoms with van der Waals surface area (Å²) in [5, 5.41) is 3.43. The van der Waals surface area contributed by atoms with Gasteiger partial charge in [0.15, 0.2) is 0 Å². The van der Waals surface area contributed by atoms with Crippen molar-refractivity contribution >= 4 is 44.8 Å². The van der Waals surface area contributed by atoms with Gasteiger partial charge in [-0.2, -0.15) is 0 Å². The van der Waals surface area contributed by atoms with Crippen molar-refractivity contribution < 1.29 is 17.9 Å². The summed E-state index contributed by atoms with van der Waals surface area (Å²) in [5.74, 6) is 0.527. The molecule has 0 fully saturated rings. The number of benzene rings is 3. The summed E-state index contributed by atoms with van der Waals surface area (Å²) in [5.41, 5.74) is 3.93. The summed E-state index contributed by atoms with van der Waals surface area (Å²) >= 11 is 12.0. The number of hydrogen-bond donors (Lipinski definition) is 1. The molecule has 0 aromatic heterocycles. The Morgan fingerprint density at radius 2 is 1.65 bits per heavy atom. The molecule has 0 bridgehead atoms. The summed E-state index contributed by atoms with van der Waals surface area (Å²) in [7, 11) is -3.58. The van der Waals surface area contributed by atoms with Crippen LogP contribution in [0.25, 0.3) is 0 Å². The number of rotatable bonds is 9. The minimum Gasteiger partial charge on any atom is -0.492 e. The minimum absolute atomic E-state index is 0.0858. The van der Waals surface area contributed by atoms with Crippen LogP contribution >= 0.6 is 23.2 Å². The van der Waals surface area contributed by atoms with Crippen molar-refractivity contribution in [1.82, 2.24) is 5.32 Å². The molecule has 180 valence electrons. The third-order valence-electron chi connectivity index (χ3n) is 5.27. The van der Waals surface area contributed by atoms with Gasteiger partial charge in [-0.15, -0.1) is 0 Å². The number of ether oxygens (including phenoxy) is 1. The van der Waals surface area contributed by atoms with Crippen molar-refractivity contribution in [3.63, 3.8) is 0 Å². The fraction of sp³-hybridized carbons (Fsp3) is 0.240. The normalized spacial score (nSPS) is 11.2. The van der Waals surface area contributed by atoms with E-state index in [0.717, 1.165) is 17.6 Å². The third-order valence-corrected chi connectivity index (χ3v) is 7.15. The van der Waals surface area contributed by atoms with Gasteiger partial charge < -0.3 is 10.1 Å². The van der Waals surface area contributed by atoms with Crippen LogP contribution in [0.5, 0.6) is 5.75 Å². The standard InChI is InChI=1S/C25H26Cl2N2O4S/c1-17-4-10-22(14-18(17)2)33-13-12-28-25(30)20-7-5-19(6-8-20)16-29(34(3,31)32)21-9-11-23(26)24(27)15-21/h4-11,14-15H,12-13,16H2,1-3H3,(H,28,30). The Balaban J connectivity index is 1.58. The van der Waals surface area contributed by atoms with Crippen LogP contribution in [0.1, 0.15) is 27.0 Å². The average Bonchev–Trinajstić information content (AvgIpc) is 2.79. The Labute approximate surface area is 210 Å². The van der Waals surface area contributed by atoms with Crippen molar-refractivity contribution in [1.29, 1.82) is 0 Å². The second kappa shape index (κ2) is 11.1. The number of anilines is 1. The van der Waals surface area contributed by atoms with Gasteiger partial charge in [0.25, 0.3) is 5.91 Å². The lowest BCUT2D eigenvalue weighted by atomic mass is 10.1. The molecule has 0 spiro atoms. The van der Waals surface area contributed by atoms with Gasteiger partial charge >= 0.3 is 0 Å². The van der Waals surface area contributed by atoms with E-state index in [1.165, 1.54) is 15.9 Å². The molecule has 1 amide bonds. The summed E-state index contributed by atoms with van der Waals surface area (Å²) in [6.45, 7) is 4.85. The molecule has 0 radical (unpaired) electrons. The highest BCUT2D eigenvalue weighted by atomic mass is 35.5. The Morgan fingerprint density at radius 1 is 0.941 bits per heavy atom. The van der Waals surface area contributed by atoms with Gasteiger partial charge in [-0.05, 0) is 73.0 Å². The van der Waals surface area contributed by atoms with Crippen molar-refractivity contribution in [3.05, 3.63) is 93.0 Å². The van der Waals surface area contributed by atoms with E-state index >= 15 is 0 Å². The van der Waals surface area contributed by atoms with E-state index in [0.29, 0.717) is 35.0 Å². The maximum absolute atomic E-state index is 12.4. The highest BCUT2D eigenvalue weighted by Crippen LogP contribution is 2.29. The Hall–Kier alpha value is -2.74. The van der Waals surface area contributed by atoms with Gasteiger partial charge in [-0.25, -0.2) is 8.42 Å². The topological polar surface area (TPSA) is 75.7 Å². The van der Waals surface area contributed by atoms with Gasteiger partial charge in [0.05, 0.1) is 35.1 Å². The van der Waals surface area contributed by atoms with Crippen LogP contribution in [0.4, 0.5) is 5.69 Å². The van der Waals surface area contributed by atoms with Gasteiger partial charge in [-0.1, -0.05) is 41.4 Å². The lowest BCUT2D eigenvalue weighted by Gasteiger charge is -2.23. The smallest absolute Gasteiger partial charge is 0.251 e. The predicted octanol–water partition coefficient (Wildman–Crippen LogP) is 5.39. The van der Waals surface area contributed by atoms with Crippen LogP contribution < -0.4 is 14.4 Å². The van der Waals surface area contributed by atoms with E-state index in [1.807, 2.05) is 32.0 Å². The number of halogens is 2. The van der Waals surface area contributed by atoms with E-state index in [4.69, 9.17) is 27.9 Å². The lowest BCUT2D eigenvalue weighted by Crippen LogP contribution is -2.29. The zero-order valence-electron chi connectivity index (χ0n) is 19.1. The highest BCUT2D eigenvalue weighted by molar-refractivity contribution is 7.92. The number of amides is 1. The van der Waals surface area contributed by atoms with Gasteiger partial charge in [0.2, 0.25) is 10.0 Å². The number of sulfonamides is 1. The van der Waals surface area contributed by atoms with Crippen LogP contribution in [0.15, 0.2) is 60.7 Å². The molecule has 0 saturated carbocycles. The van der Waals surface area contributed by atoms with Crippen LogP contribution in [0.2, 0.25) is 10.0 Å². The van der Waals surface area contributed by atoms with Crippen molar-refractivity contribution in [2.75, 3.05) is 23.7 Å². The van der Waals surface area contributed by atoms with E-state index in [1.54, 1.807) is 36.4 Å². The molecular weight excluding hydrogens is 495 g/mol. The van der Waals surface area contributed by atoms with E-state index in [-0.39, 0.29) is 17.5 Å². The minimum atomic E-state index is -3.58. The molecule has 0 aliphatic heterocycles. The molecule has 3 aromatic rings. The van der Waals surface area contributed by atoms with Gasteiger partial charge in [-0.3, -0.25) is 9.10 Å². The first-order valence-corrected chi connectivity index (χ1v) is 13.1. The first-order chi connectivity index (χ1) is 16.0. The molecule has 0 atom stereocenters. The number of carbonyl (C=O) groups is 1. The zero-order valence-corrected chi connectivity index (χ0v) is 21.5. The van der Waals surface area contributed by atoms with Crippen molar-refractivity contribution in [2.24, 2.45) is 0 Å². The maximum Gasteiger partial charge on any atom is 0.251 e. The first-order valence-electron chi connectivity index (χ1n) is 10.5. The number of hydrogen-bond acceptors (Lipinski definition) is 4. The third kappa shape index (κ3) is 6.88. The van der Waals surface area contributed by atoms with E-state index < -0.39 is 10.0 Å². The molecule has 0 unspecified atom stereocenters. The second-order valence-corrected chi connectivity index (χ2v) is 10.6. The number of nitrogens with zero attached hydrogens (tertiary/aromatic N) is 1. The molecule has 6 nitrogen and oxygen atoms in total. The first kappa shape index (κ1) is 25.9. The number of aryl methyl sites for hydroxylation is 2. The van der Waals surface area contributed by atoms with Gasteiger partial charge in [0.1, 0.15) is 12.4 Å². The molecule has 3 rings (SSSR count). The predicted molar refractivity (Wildman–Crippen MR) is 138 cm³/mol. The molecule has 1 N–H and O–H groups in total. The molecule has 0 aliphatic rings. The lowest BCUT2D eigenvalue weighted by molar-refractivity contribution is 0.0947. The van der Waals surface area contributed by atoms with Crippen molar-refractivity contribution in [3.8, 4) is 5.75 Å². The molecule has 34 heavy (non-hydrogen) atoms. The molecule has 0 saturated heterocycles. The molecular formula is C25H26Cl2N2O4S. The SMILES string of the molecule is Cc1ccc(OCCNC(=O)c2ccc(CN(c3ccc(Cl)c(Cl)c3)S(C)(=O)=O)cc2)cc1C. The maximum atomic E-state index is 12.4. The summed E-state index contributed by atoms with van der Waals surface area (Å²) in [6.07, 6.45) is 1.12. The summed E-state index contributed by atoms with van der Waals surface area (Å²) in [4.78, 5) is 12.4. The van der Waals surface area contributed by atoms with Crippen LogP contribution in [0, 0.1) is 13.8 Å². The summed E-state index contributed by atoms with van der Waals surface area (Å²) < 4.78 is 31.6. The van der Waals surface area contributed by atoms with E-state index in [2.05, 4.69) is 5.32 Å². The van der Waals surface area contributed by atoms with Gasteiger partial charge in [0, 0.05) is 5.56 Å². The molecule has 0 heterocycles.